The number of aryl methyl sites for hydroxylation is 2. The standard InChI is InChI=1S/C14H17N3O4S2/c1-6-10(22-9(15-6)5-21-4)12(18)16-8(3)13-17-7(2)11(23-13)14(19)20/h8H,5H2,1-4H3,(H,16,18)(H,19,20). The molecule has 0 fully saturated rings. The Balaban J connectivity index is 2.13. The van der Waals surface area contributed by atoms with Crippen molar-refractivity contribution >= 4 is 34.6 Å². The number of aromatic carboxylic acids is 1. The van der Waals surface area contributed by atoms with Gasteiger partial charge >= 0.3 is 5.97 Å². The molecule has 124 valence electrons. The van der Waals surface area contributed by atoms with E-state index in [0.717, 1.165) is 16.3 Å². The van der Waals surface area contributed by atoms with Gasteiger partial charge in [0, 0.05) is 7.11 Å². The Morgan fingerprint density at radius 3 is 2.43 bits per heavy atom. The molecule has 0 spiro atoms. The first-order valence-electron chi connectivity index (χ1n) is 6.80. The highest BCUT2D eigenvalue weighted by molar-refractivity contribution is 7.14. The fourth-order valence-electron chi connectivity index (χ4n) is 1.97. The molecule has 2 rings (SSSR count). The van der Waals surface area contributed by atoms with Crippen molar-refractivity contribution in [2.45, 2.75) is 33.4 Å². The summed E-state index contributed by atoms with van der Waals surface area (Å²) in [6.45, 7) is 5.55. The number of hydrogen-bond donors (Lipinski definition) is 2. The van der Waals surface area contributed by atoms with Gasteiger partial charge in [0.15, 0.2) is 0 Å². The number of ether oxygens (including phenoxy) is 1. The molecule has 1 unspecified atom stereocenters. The molecule has 0 saturated carbocycles. The zero-order valence-electron chi connectivity index (χ0n) is 13.2. The molecule has 2 N–H and O–H groups in total. The minimum Gasteiger partial charge on any atom is -0.477 e. The largest absolute Gasteiger partial charge is 0.477 e. The van der Waals surface area contributed by atoms with Gasteiger partial charge in [-0.05, 0) is 20.8 Å². The number of hydrogen-bond acceptors (Lipinski definition) is 7. The summed E-state index contributed by atoms with van der Waals surface area (Å²) in [5.41, 5.74) is 1.10. The smallest absolute Gasteiger partial charge is 0.347 e. The van der Waals surface area contributed by atoms with Crippen molar-refractivity contribution in [1.82, 2.24) is 15.3 Å². The fourth-order valence-corrected chi connectivity index (χ4v) is 3.82. The van der Waals surface area contributed by atoms with Crippen molar-refractivity contribution in [3.63, 3.8) is 0 Å². The number of amides is 1. The molecule has 0 radical (unpaired) electrons. The summed E-state index contributed by atoms with van der Waals surface area (Å²) in [7, 11) is 1.57. The van der Waals surface area contributed by atoms with E-state index in [0.29, 0.717) is 27.9 Å². The van der Waals surface area contributed by atoms with Crippen LogP contribution >= 0.6 is 22.7 Å². The third-order valence-corrected chi connectivity index (χ3v) is 5.50. The number of aromatic nitrogens is 2. The first-order valence-corrected chi connectivity index (χ1v) is 8.43. The molecule has 0 aromatic carbocycles. The topological polar surface area (TPSA) is 101 Å². The van der Waals surface area contributed by atoms with Gasteiger partial charge in [-0.2, -0.15) is 0 Å². The second-order valence-corrected chi connectivity index (χ2v) is 7.04. The lowest BCUT2D eigenvalue weighted by Gasteiger charge is -2.10. The van der Waals surface area contributed by atoms with Crippen molar-refractivity contribution < 1.29 is 19.4 Å². The fraction of sp³-hybridized carbons (Fsp3) is 0.429. The monoisotopic (exact) mass is 355 g/mol. The predicted octanol–water partition coefficient (Wildman–Crippen LogP) is 2.55. The highest BCUT2D eigenvalue weighted by Gasteiger charge is 2.21. The van der Waals surface area contributed by atoms with Crippen molar-refractivity contribution in [2.75, 3.05) is 7.11 Å². The van der Waals surface area contributed by atoms with E-state index in [4.69, 9.17) is 9.84 Å². The van der Waals surface area contributed by atoms with Gasteiger partial charge in [0.05, 0.1) is 24.0 Å². The molecule has 1 atom stereocenters. The summed E-state index contributed by atoms with van der Waals surface area (Å²) in [4.78, 5) is 32.7. The van der Waals surface area contributed by atoms with Crippen LogP contribution in [0.2, 0.25) is 0 Å². The molecule has 2 heterocycles. The van der Waals surface area contributed by atoms with Crippen molar-refractivity contribution in [1.29, 1.82) is 0 Å². The zero-order chi connectivity index (χ0) is 17.1. The van der Waals surface area contributed by atoms with E-state index < -0.39 is 5.97 Å². The summed E-state index contributed by atoms with van der Waals surface area (Å²) < 4.78 is 5.02. The second kappa shape index (κ2) is 7.16. The van der Waals surface area contributed by atoms with Crippen molar-refractivity contribution in [3.8, 4) is 0 Å². The van der Waals surface area contributed by atoms with Crippen LogP contribution in [0.5, 0.6) is 0 Å². The van der Waals surface area contributed by atoms with E-state index in [1.54, 1.807) is 27.9 Å². The maximum absolute atomic E-state index is 12.4. The van der Waals surface area contributed by atoms with Gasteiger partial charge in [-0.3, -0.25) is 4.79 Å². The van der Waals surface area contributed by atoms with E-state index in [1.165, 1.54) is 11.3 Å². The first kappa shape index (κ1) is 17.5. The molecule has 0 saturated heterocycles. The number of carboxylic acid groups (broad SMARTS) is 1. The van der Waals surface area contributed by atoms with Gasteiger partial charge in [0.1, 0.15) is 19.8 Å². The Morgan fingerprint density at radius 2 is 1.87 bits per heavy atom. The van der Waals surface area contributed by atoms with E-state index in [2.05, 4.69) is 15.3 Å². The van der Waals surface area contributed by atoms with Crippen LogP contribution in [-0.2, 0) is 11.3 Å². The highest BCUT2D eigenvalue weighted by atomic mass is 32.1. The van der Waals surface area contributed by atoms with E-state index >= 15 is 0 Å². The van der Waals surface area contributed by atoms with E-state index in [1.807, 2.05) is 0 Å². The van der Waals surface area contributed by atoms with Crippen molar-refractivity contribution in [3.05, 3.63) is 31.2 Å². The number of carbonyl (C=O) groups excluding carboxylic acids is 1. The lowest BCUT2D eigenvalue weighted by Crippen LogP contribution is -2.26. The third kappa shape index (κ3) is 3.92. The molecule has 0 aliphatic heterocycles. The average molecular weight is 355 g/mol. The highest BCUT2D eigenvalue weighted by Crippen LogP contribution is 2.25. The quantitative estimate of drug-likeness (QED) is 0.826. The van der Waals surface area contributed by atoms with Crippen LogP contribution in [0.25, 0.3) is 0 Å². The van der Waals surface area contributed by atoms with Crippen LogP contribution in [0, 0.1) is 13.8 Å². The normalized spacial score (nSPS) is 12.2. The Bertz CT molecular complexity index is 738. The van der Waals surface area contributed by atoms with E-state index in [9.17, 15) is 9.59 Å². The average Bonchev–Trinajstić information content (AvgIpc) is 3.02. The van der Waals surface area contributed by atoms with Crippen LogP contribution in [0.4, 0.5) is 0 Å². The molecular formula is C14H17N3O4S2. The Kier molecular flexibility index (Phi) is 5.45. The third-order valence-electron chi connectivity index (χ3n) is 3.04. The van der Waals surface area contributed by atoms with Crippen LogP contribution in [0.15, 0.2) is 0 Å². The summed E-state index contributed by atoms with van der Waals surface area (Å²) >= 11 is 2.36. The lowest BCUT2D eigenvalue weighted by atomic mass is 10.3. The SMILES string of the molecule is COCc1nc(C)c(C(=O)NC(C)c2nc(C)c(C(=O)O)s2)s1. The first-order chi connectivity index (χ1) is 10.8. The van der Waals surface area contributed by atoms with Crippen molar-refractivity contribution in [2.24, 2.45) is 0 Å². The molecular weight excluding hydrogens is 338 g/mol. The molecule has 2 aromatic heterocycles. The maximum Gasteiger partial charge on any atom is 0.347 e. The van der Waals surface area contributed by atoms with Gasteiger partial charge in [0.2, 0.25) is 0 Å². The molecule has 0 aliphatic rings. The number of rotatable bonds is 6. The molecule has 0 aliphatic carbocycles. The summed E-state index contributed by atoms with van der Waals surface area (Å²) in [6.07, 6.45) is 0. The molecule has 1 amide bonds. The van der Waals surface area contributed by atoms with E-state index in [-0.39, 0.29) is 16.8 Å². The Hall–Kier alpha value is -1.84. The van der Waals surface area contributed by atoms with Crippen LogP contribution in [-0.4, -0.2) is 34.1 Å². The van der Waals surface area contributed by atoms with Gasteiger partial charge in [0.25, 0.3) is 5.91 Å². The zero-order valence-corrected chi connectivity index (χ0v) is 14.8. The van der Waals surface area contributed by atoms with Gasteiger partial charge in [-0.25, -0.2) is 14.8 Å². The maximum atomic E-state index is 12.4. The van der Waals surface area contributed by atoms with Crippen LogP contribution in [0.1, 0.15) is 53.7 Å². The number of nitrogens with one attached hydrogen (secondary N) is 1. The molecule has 0 bridgehead atoms. The summed E-state index contributed by atoms with van der Waals surface area (Å²) in [5, 5.41) is 13.2. The summed E-state index contributed by atoms with van der Waals surface area (Å²) in [6, 6.07) is -0.383. The number of methoxy groups -OCH3 is 1. The number of thiazole rings is 2. The molecule has 2 aromatic rings. The molecule has 9 heteroatoms. The Morgan fingerprint density at radius 1 is 1.22 bits per heavy atom. The van der Waals surface area contributed by atoms with Crippen LogP contribution < -0.4 is 5.32 Å². The van der Waals surface area contributed by atoms with Gasteiger partial charge in [-0.1, -0.05) is 0 Å². The number of carboxylic acids is 1. The molecule has 7 nitrogen and oxygen atoms in total. The minimum atomic E-state index is -1.01. The number of carbonyl (C=O) groups is 2. The number of nitrogens with zero attached hydrogens (tertiary/aromatic N) is 2. The predicted molar refractivity (Wildman–Crippen MR) is 87.3 cm³/mol. The Labute approximate surface area is 141 Å². The lowest BCUT2D eigenvalue weighted by molar-refractivity contribution is 0.0701. The second-order valence-electron chi connectivity index (χ2n) is 4.92. The molecule has 23 heavy (non-hydrogen) atoms. The minimum absolute atomic E-state index is 0.192. The van der Waals surface area contributed by atoms with Gasteiger partial charge < -0.3 is 15.2 Å². The summed E-state index contributed by atoms with van der Waals surface area (Å²) in [5.74, 6) is -1.26. The van der Waals surface area contributed by atoms with Crippen LogP contribution in [0.3, 0.4) is 0 Å². The van der Waals surface area contributed by atoms with Gasteiger partial charge in [-0.15, -0.1) is 22.7 Å².